The first-order valence-corrected chi connectivity index (χ1v) is 10.3. The van der Waals surface area contributed by atoms with Crippen LogP contribution >= 0.6 is 0 Å². The molecule has 8 nitrogen and oxygen atoms in total. The van der Waals surface area contributed by atoms with E-state index in [9.17, 15) is 4.79 Å². The summed E-state index contributed by atoms with van der Waals surface area (Å²) in [6, 6.07) is 13.1. The smallest absolute Gasteiger partial charge is 0.258 e. The molecule has 158 valence electrons. The summed E-state index contributed by atoms with van der Waals surface area (Å²) < 4.78 is 13.4. The number of furan rings is 1. The summed E-state index contributed by atoms with van der Waals surface area (Å²) in [7, 11) is 0. The maximum Gasteiger partial charge on any atom is 0.258 e. The summed E-state index contributed by atoms with van der Waals surface area (Å²) >= 11 is 0. The van der Waals surface area contributed by atoms with Gasteiger partial charge in [-0.2, -0.15) is 0 Å². The second-order valence-corrected chi connectivity index (χ2v) is 7.56. The topological polar surface area (TPSA) is 85.4 Å². The Morgan fingerprint density at radius 1 is 1.17 bits per heavy atom. The van der Waals surface area contributed by atoms with Crippen LogP contribution in [0.4, 0.5) is 0 Å². The van der Waals surface area contributed by atoms with Crippen LogP contribution in [-0.4, -0.2) is 45.3 Å². The van der Waals surface area contributed by atoms with Crippen LogP contribution < -0.4 is 10.1 Å². The van der Waals surface area contributed by atoms with Crippen LogP contribution in [0.2, 0.25) is 0 Å². The van der Waals surface area contributed by atoms with E-state index < -0.39 is 0 Å². The van der Waals surface area contributed by atoms with Crippen LogP contribution in [-0.2, 0) is 24.3 Å². The highest BCUT2D eigenvalue weighted by Gasteiger charge is 2.23. The standard InChI is InChI=1S/C22H27N5O3/c1-16-8-9-19(30-16)14-26-11-10-20-24-25-22(27(20)13-12-26)17(2)23-21(28)15-29-18-6-4-3-5-7-18/h3-9,17H,10-15H2,1-2H3,(H,23,28)/t17-/m1/s1. The third-order valence-electron chi connectivity index (χ3n) is 5.20. The molecule has 30 heavy (non-hydrogen) atoms. The van der Waals surface area contributed by atoms with Crippen LogP contribution in [0.25, 0.3) is 0 Å². The summed E-state index contributed by atoms with van der Waals surface area (Å²) in [6.07, 6.45) is 0.810. The number of amides is 1. The number of ether oxygens (including phenoxy) is 1. The minimum atomic E-state index is -0.252. The van der Waals surface area contributed by atoms with E-state index in [1.54, 1.807) is 0 Å². The average Bonchev–Trinajstić information content (AvgIpc) is 3.29. The molecule has 0 fully saturated rings. The van der Waals surface area contributed by atoms with Gasteiger partial charge in [-0.25, -0.2) is 0 Å². The number of nitrogens with zero attached hydrogens (tertiary/aromatic N) is 4. The molecular weight excluding hydrogens is 382 g/mol. The molecule has 0 spiro atoms. The molecule has 1 amide bonds. The Hall–Kier alpha value is -3.13. The predicted molar refractivity (Wildman–Crippen MR) is 111 cm³/mol. The van der Waals surface area contributed by atoms with Crippen molar-refractivity contribution in [2.45, 2.75) is 39.4 Å². The molecule has 1 aromatic carbocycles. The van der Waals surface area contributed by atoms with Crippen molar-refractivity contribution in [3.63, 3.8) is 0 Å². The van der Waals surface area contributed by atoms with E-state index in [-0.39, 0.29) is 18.6 Å². The molecule has 0 bridgehead atoms. The number of carbonyl (C=O) groups is 1. The Kier molecular flexibility index (Phi) is 6.13. The van der Waals surface area contributed by atoms with Crippen LogP contribution in [0.3, 0.4) is 0 Å². The third-order valence-corrected chi connectivity index (χ3v) is 5.20. The van der Waals surface area contributed by atoms with Gasteiger partial charge in [-0.05, 0) is 38.1 Å². The first kappa shape index (κ1) is 20.2. The van der Waals surface area contributed by atoms with Crippen molar-refractivity contribution in [3.8, 4) is 5.75 Å². The number of rotatable bonds is 7. The number of nitrogens with one attached hydrogen (secondary N) is 1. The fraction of sp³-hybridized carbons (Fsp3) is 0.409. The van der Waals surface area contributed by atoms with E-state index in [0.717, 1.165) is 55.8 Å². The lowest BCUT2D eigenvalue weighted by molar-refractivity contribution is -0.123. The lowest BCUT2D eigenvalue weighted by Gasteiger charge is -2.19. The maximum absolute atomic E-state index is 12.3. The molecule has 4 rings (SSSR count). The zero-order chi connectivity index (χ0) is 20.9. The second-order valence-electron chi connectivity index (χ2n) is 7.56. The maximum atomic E-state index is 12.3. The molecule has 2 aromatic heterocycles. The first-order chi connectivity index (χ1) is 14.6. The van der Waals surface area contributed by atoms with Gasteiger partial charge >= 0.3 is 0 Å². The molecule has 1 atom stereocenters. The van der Waals surface area contributed by atoms with Gasteiger partial charge < -0.3 is 19.0 Å². The molecule has 3 heterocycles. The van der Waals surface area contributed by atoms with Crippen molar-refractivity contribution in [2.24, 2.45) is 0 Å². The normalized spacial score (nSPS) is 15.3. The summed E-state index contributed by atoms with van der Waals surface area (Å²) in [5.41, 5.74) is 0. The lowest BCUT2D eigenvalue weighted by Crippen LogP contribution is -2.33. The molecule has 3 aromatic rings. The highest BCUT2D eigenvalue weighted by Crippen LogP contribution is 2.17. The van der Waals surface area contributed by atoms with Gasteiger partial charge in [-0.3, -0.25) is 9.69 Å². The van der Waals surface area contributed by atoms with Gasteiger partial charge in [0.25, 0.3) is 5.91 Å². The molecule has 0 unspecified atom stereocenters. The Morgan fingerprint density at radius 2 is 2.00 bits per heavy atom. The largest absolute Gasteiger partial charge is 0.484 e. The van der Waals surface area contributed by atoms with Crippen LogP contribution in [0, 0.1) is 6.92 Å². The number of benzene rings is 1. The number of hydrogen-bond donors (Lipinski definition) is 1. The number of fused-ring (bicyclic) bond motifs is 1. The van der Waals surface area contributed by atoms with Gasteiger partial charge in [-0.15, -0.1) is 10.2 Å². The second kappa shape index (κ2) is 9.13. The van der Waals surface area contributed by atoms with Gasteiger partial charge in [0.05, 0.1) is 12.6 Å². The Morgan fingerprint density at radius 3 is 2.77 bits per heavy atom. The number of para-hydroxylation sites is 1. The van der Waals surface area contributed by atoms with E-state index in [1.165, 1.54) is 0 Å². The van der Waals surface area contributed by atoms with Crippen LogP contribution in [0.1, 0.15) is 36.1 Å². The van der Waals surface area contributed by atoms with Crippen molar-refractivity contribution in [2.75, 3.05) is 19.7 Å². The van der Waals surface area contributed by atoms with Crippen molar-refractivity contribution < 1.29 is 13.9 Å². The average molecular weight is 409 g/mol. The Balaban J connectivity index is 1.33. The van der Waals surface area contributed by atoms with E-state index in [2.05, 4.69) is 25.0 Å². The number of hydrogen-bond acceptors (Lipinski definition) is 6. The van der Waals surface area contributed by atoms with Crippen molar-refractivity contribution in [3.05, 3.63) is 65.6 Å². The molecule has 1 aliphatic heterocycles. The first-order valence-electron chi connectivity index (χ1n) is 10.3. The van der Waals surface area contributed by atoms with E-state index in [1.807, 2.05) is 56.3 Å². The molecule has 0 aliphatic carbocycles. The van der Waals surface area contributed by atoms with Gasteiger partial charge in [-0.1, -0.05) is 18.2 Å². The molecular formula is C22H27N5O3. The quantitative estimate of drug-likeness (QED) is 0.645. The number of carbonyl (C=O) groups excluding carboxylic acids is 1. The van der Waals surface area contributed by atoms with Gasteiger partial charge in [0, 0.05) is 26.1 Å². The van der Waals surface area contributed by atoms with Crippen molar-refractivity contribution in [1.29, 1.82) is 0 Å². The highest BCUT2D eigenvalue weighted by atomic mass is 16.5. The van der Waals surface area contributed by atoms with Gasteiger partial charge in [0.1, 0.15) is 23.1 Å². The summed E-state index contributed by atoms with van der Waals surface area (Å²) in [5, 5.41) is 11.7. The fourth-order valence-electron chi connectivity index (χ4n) is 3.67. The summed E-state index contributed by atoms with van der Waals surface area (Å²) in [6.45, 7) is 7.17. The summed E-state index contributed by atoms with van der Waals surface area (Å²) in [5.74, 6) is 4.11. The SMILES string of the molecule is Cc1ccc(CN2CCc3nnc([C@@H](C)NC(=O)COc4ccccc4)n3CC2)o1. The molecule has 0 saturated carbocycles. The third kappa shape index (κ3) is 4.88. The van der Waals surface area contributed by atoms with Crippen LogP contribution in [0.15, 0.2) is 46.9 Å². The van der Waals surface area contributed by atoms with E-state index >= 15 is 0 Å². The summed E-state index contributed by atoms with van der Waals surface area (Å²) in [4.78, 5) is 14.7. The highest BCUT2D eigenvalue weighted by molar-refractivity contribution is 5.77. The molecule has 1 aliphatic rings. The molecule has 0 radical (unpaired) electrons. The van der Waals surface area contributed by atoms with E-state index in [4.69, 9.17) is 9.15 Å². The van der Waals surface area contributed by atoms with Gasteiger partial charge in [0.2, 0.25) is 0 Å². The van der Waals surface area contributed by atoms with Crippen LogP contribution in [0.5, 0.6) is 5.75 Å². The Labute approximate surface area is 175 Å². The Bertz CT molecular complexity index is 982. The lowest BCUT2D eigenvalue weighted by atomic mass is 10.3. The number of aryl methyl sites for hydroxylation is 1. The number of aromatic nitrogens is 3. The molecule has 0 saturated heterocycles. The minimum Gasteiger partial charge on any atom is -0.484 e. The fourth-order valence-corrected chi connectivity index (χ4v) is 3.67. The molecule has 8 heteroatoms. The van der Waals surface area contributed by atoms with E-state index in [0.29, 0.717) is 5.75 Å². The monoisotopic (exact) mass is 409 g/mol. The molecule has 1 N–H and O–H groups in total. The minimum absolute atomic E-state index is 0.0360. The van der Waals surface area contributed by atoms with Gasteiger partial charge in [0.15, 0.2) is 12.4 Å². The van der Waals surface area contributed by atoms with Crippen molar-refractivity contribution >= 4 is 5.91 Å². The van der Waals surface area contributed by atoms with Crippen molar-refractivity contribution in [1.82, 2.24) is 25.0 Å². The zero-order valence-electron chi connectivity index (χ0n) is 17.4. The predicted octanol–water partition coefficient (Wildman–Crippen LogP) is 2.49. The zero-order valence-corrected chi connectivity index (χ0v) is 17.4.